The molecule has 0 aliphatic carbocycles. The standard InChI is InChI=1S/C28H30O7/c1-30-22-14-12-20(13-15-22)17-32-28-26(31-16-19-8-4-2-5-9-19)24(29)25-23(34-28)18-33-27(35-25)21-10-6-3-7-11-21/h2-15,23-29H,16-18H2,1H3/t23-,24+,25+,26-,27?,28-/m1/s1. The number of methoxy groups -OCH3 is 1. The summed E-state index contributed by atoms with van der Waals surface area (Å²) in [6, 6.07) is 27.1. The molecule has 5 rings (SSSR count). The van der Waals surface area contributed by atoms with Crippen molar-refractivity contribution in [1.29, 1.82) is 0 Å². The highest BCUT2D eigenvalue weighted by Gasteiger charge is 2.50. The fraction of sp³-hybridized carbons (Fsp3) is 0.357. The predicted molar refractivity (Wildman–Crippen MR) is 127 cm³/mol. The van der Waals surface area contributed by atoms with Crippen molar-refractivity contribution < 1.29 is 33.5 Å². The Morgan fingerprint density at radius 3 is 2.17 bits per heavy atom. The van der Waals surface area contributed by atoms with Gasteiger partial charge in [-0.1, -0.05) is 72.8 Å². The maximum atomic E-state index is 11.4. The largest absolute Gasteiger partial charge is 0.497 e. The Bertz CT molecular complexity index is 1040. The van der Waals surface area contributed by atoms with Gasteiger partial charge in [-0.2, -0.15) is 0 Å². The fourth-order valence-corrected chi connectivity index (χ4v) is 4.32. The Morgan fingerprint density at radius 2 is 1.46 bits per heavy atom. The zero-order chi connectivity index (χ0) is 24.0. The minimum absolute atomic E-state index is 0.273. The number of benzene rings is 3. The molecule has 0 saturated carbocycles. The lowest BCUT2D eigenvalue weighted by molar-refractivity contribution is -0.368. The highest BCUT2D eigenvalue weighted by atomic mass is 16.8. The molecule has 0 bridgehead atoms. The van der Waals surface area contributed by atoms with E-state index < -0.39 is 37.0 Å². The van der Waals surface area contributed by atoms with Gasteiger partial charge in [0.1, 0.15) is 30.2 Å². The van der Waals surface area contributed by atoms with Crippen LogP contribution in [0.15, 0.2) is 84.9 Å². The van der Waals surface area contributed by atoms with E-state index in [1.807, 2.05) is 84.9 Å². The highest BCUT2D eigenvalue weighted by molar-refractivity contribution is 5.26. The van der Waals surface area contributed by atoms with E-state index in [1.54, 1.807) is 7.11 Å². The van der Waals surface area contributed by atoms with Crippen molar-refractivity contribution >= 4 is 0 Å². The predicted octanol–water partition coefficient (Wildman–Crippen LogP) is 4.00. The number of ether oxygens (including phenoxy) is 6. The average molecular weight is 479 g/mol. The molecule has 0 aromatic heterocycles. The van der Waals surface area contributed by atoms with Crippen molar-refractivity contribution in [2.45, 2.75) is 50.2 Å². The summed E-state index contributed by atoms with van der Waals surface area (Å²) >= 11 is 0. The van der Waals surface area contributed by atoms with Gasteiger partial charge in [-0.05, 0) is 23.3 Å². The van der Waals surface area contributed by atoms with Crippen LogP contribution in [0.4, 0.5) is 0 Å². The summed E-state index contributed by atoms with van der Waals surface area (Å²) in [5, 5.41) is 11.4. The SMILES string of the molecule is COc1ccc(CO[C@@H]2O[C@@H]3COC(c4ccccc4)O[C@@H]3[C@H](O)[C@H]2OCc2ccccc2)cc1. The first-order valence-corrected chi connectivity index (χ1v) is 11.8. The number of aliphatic hydroxyl groups is 1. The number of aliphatic hydroxyl groups excluding tert-OH is 1. The second-order valence-corrected chi connectivity index (χ2v) is 8.63. The van der Waals surface area contributed by atoms with Crippen molar-refractivity contribution in [3.8, 4) is 5.75 Å². The summed E-state index contributed by atoms with van der Waals surface area (Å²) in [4.78, 5) is 0. The van der Waals surface area contributed by atoms with Gasteiger partial charge in [0.15, 0.2) is 12.6 Å². The molecule has 3 aromatic carbocycles. The maximum Gasteiger partial charge on any atom is 0.187 e. The second kappa shape index (κ2) is 11.3. The molecular weight excluding hydrogens is 448 g/mol. The molecule has 6 atom stereocenters. The molecule has 0 amide bonds. The third kappa shape index (κ3) is 5.73. The minimum Gasteiger partial charge on any atom is -0.497 e. The number of rotatable bonds is 8. The van der Waals surface area contributed by atoms with Crippen LogP contribution in [0.25, 0.3) is 0 Å². The zero-order valence-electron chi connectivity index (χ0n) is 19.6. The van der Waals surface area contributed by atoms with Crippen molar-refractivity contribution in [3.05, 3.63) is 102 Å². The van der Waals surface area contributed by atoms with Gasteiger partial charge in [-0.15, -0.1) is 0 Å². The van der Waals surface area contributed by atoms with Crippen molar-refractivity contribution in [1.82, 2.24) is 0 Å². The molecule has 7 heteroatoms. The van der Waals surface area contributed by atoms with E-state index in [4.69, 9.17) is 28.4 Å². The maximum absolute atomic E-state index is 11.4. The Hall–Kier alpha value is -2.78. The van der Waals surface area contributed by atoms with Gasteiger partial charge < -0.3 is 33.5 Å². The molecule has 2 heterocycles. The Balaban J connectivity index is 1.30. The number of hydrogen-bond acceptors (Lipinski definition) is 7. The molecule has 2 saturated heterocycles. The first-order chi connectivity index (χ1) is 17.2. The normalized spacial score (nSPS) is 28.3. The van der Waals surface area contributed by atoms with Crippen LogP contribution in [0, 0.1) is 0 Å². The van der Waals surface area contributed by atoms with Gasteiger partial charge in [0.05, 0.1) is 26.9 Å². The zero-order valence-corrected chi connectivity index (χ0v) is 19.6. The third-order valence-corrected chi connectivity index (χ3v) is 6.24. The van der Waals surface area contributed by atoms with Crippen LogP contribution in [-0.2, 0) is 36.9 Å². The van der Waals surface area contributed by atoms with E-state index >= 15 is 0 Å². The molecule has 2 fully saturated rings. The first kappa shape index (κ1) is 23.9. The van der Waals surface area contributed by atoms with E-state index in [0.29, 0.717) is 6.61 Å². The fourth-order valence-electron chi connectivity index (χ4n) is 4.32. The van der Waals surface area contributed by atoms with E-state index in [9.17, 15) is 5.11 Å². The van der Waals surface area contributed by atoms with E-state index in [1.165, 1.54) is 0 Å². The average Bonchev–Trinajstić information content (AvgIpc) is 2.92. The van der Waals surface area contributed by atoms with E-state index in [2.05, 4.69) is 0 Å². The van der Waals surface area contributed by atoms with Crippen LogP contribution in [0.3, 0.4) is 0 Å². The molecule has 1 N–H and O–H groups in total. The molecule has 184 valence electrons. The Morgan fingerprint density at radius 1 is 0.800 bits per heavy atom. The topological polar surface area (TPSA) is 75.6 Å². The first-order valence-electron chi connectivity index (χ1n) is 11.8. The summed E-state index contributed by atoms with van der Waals surface area (Å²) < 4.78 is 35.8. The molecule has 0 spiro atoms. The monoisotopic (exact) mass is 478 g/mol. The van der Waals surface area contributed by atoms with Crippen molar-refractivity contribution in [2.75, 3.05) is 13.7 Å². The van der Waals surface area contributed by atoms with Crippen molar-refractivity contribution in [2.24, 2.45) is 0 Å². The van der Waals surface area contributed by atoms with Crippen LogP contribution >= 0.6 is 0 Å². The molecule has 35 heavy (non-hydrogen) atoms. The summed E-state index contributed by atoms with van der Waals surface area (Å²) in [6.07, 6.45) is -4.18. The van der Waals surface area contributed by atoms with Crippen molar-refractivity contribution in [3.63, 3.8) is 0 Å². The van der Waals surface area contributed by atoms with Gasteiger partial charge in [-0.25, -0.2) is 0 Å². The molecule has 3 aromatic rings. The molecular formula is C28H30O7. The van der Waals surface area contributed by atoms with Gasteiger partial charge in [0, 0.05) is 5.56 Å². The Labute approximate surface area is 205 Å². The van der Waals surface area contributed by atoms with Gasteiger partial charge >= 0.3 is 0 Å². The van der Waals surface area contributed by atoms with Crippen LogP contribution in [0.2, 0.25) is 0 Å². The van der Waals surface area contributed by atoms with Gasteiger partial charge in [0.25, 0.3) is 0 Å². The highest BCUT2D eigenvalue weighted by Crippen LogP contribution is 2.35. The minimum atomic E-state index is -0.964. The molecule has 2 aliphatic heterocycles. The lowest BCUT2D eigenvalue weighted by Gasteiger charge is -2.47. The molecule has 0 radical (unpaired) electrons. The van der Waals surface area contributed by atoms with Crippen LogP contribution < -0.4 is 4.74 Å². The number of hydrogen-bond donors (Lipinski definition) is 1. The molecule has 2 aliphatic rings. The van der Waals surface area contributed by atoms with Crippen LogP contribution in [0.5, 0.6) is 5.75 Å². The second-order valence-electron chi connectivity index (χ2n) is 8.63. The van der Waals surface area contributed by atoms with Crippen LogP contribution in [-0.4, -0.2) is 49.5 Å². The summed E-state index contributed by atoms with van der Waals surface area (Å²) in [6.45, 7) is 0.873. The van der Waals surface area contributed by atoms with Gasteiger partial charge in [-0.3, -0.25) is 0 Å². The third-order valence-electron chi connectivity index (χ3n) is 6.24. The summed E-state index contributed by atoms with van der Waals surface area (Å²) in [5.74, 6) is 0.773. The Kier molecular flexibility index (Phi) is 7.73. The summed E-state index contributed by atoms with van der Waals surface area (Å²) in [5.41, 5.74) is 2.83. The molecule has 7 nitrogen and oxygen atoms in total. The van der Waals surface area contributed by atoms with E-state index in [0.717, 1.165) is 22.4 Å². The molecule has 1 unspecified atom stereocenters. The van der Waals surface area contributed by atoms with Crippen LogP contribution in [0.1, 0.15) is 23.0 Å². The lowest BCUT2D eigenvalue weighted by Crippen LogP contribution is -2.62. The summed E-state index contributed by atoms with van der Waals surface area (Å²) in [7, 11) is 1.63. The number of fused-ring (bicyclic) bond motifs is 1. The lowest BCUT2D eigenvalue weighted by atomic mass is 9.97. The quantitative estimate of drug-likeness (QED) is 0.525. The van der Waals surface area contributed by atoms with E-state index in [-0.39, 0.29) is 13.2 Å². The van der Waals surface area contributed by atoms with Gasteiger partial charge in [0.2, 0.25) is 0 Å². The smallest absolute Gasteiger partial charge is 0.187 e.